The first-order valence-electron chi connectivity index (χ1n) is 12.6. The molecule has 35 heavy (non-hydrogen) atoms. The van der Waals surface area contributed by atoms with Crippen LogP contribution in [0.5, 0.6) is 0 Å². The molecule has 1 aliphatic rings. The number of hydrazone groups is 1. The fourth-order valence-electron chi connectivity index (χ4n) is 4.33. The van der Waals surface area contributed by atoms with Crippen LogP contribution < -0.4 is 9.73 Å². The predicted molar refractivity (Wildman–Crippen MR) is 144 cm³/mol. The fraction of sp³-hybridized carbons (Fsp3) is 0.481. The summed E-state index contributed by atoms with van der Waals surface area (Å²) in [6.07, 6.45) is 12.6. The molecule has 0 bridgehead atoms. The van der Waals surface area contributed by atoms with E-state index in [9.17, 15) is 13.2 Å². The van der Waals surface area contributed by atoms with Crippen molar-refractivity contribution in [2.45, 2.75) is 82.4 Å². The minimum absolute atomic E-state index is 0.109. The summed E-state index contributed by atoms with van der Waals surface area (Å²) in [5.74, 6) is -0.484. The van der Waals surface area contributed by atoms with Crippen LogP contribution in [0.2, 0.25) is 5.02 Å². The number of benzene rings is 2. The molecule has 2 aromatic carbocycles. The average Bonchev–Trinajstić information content (AvgIpc) is 2.84. The molecular formula is C27H36ClN3O3S. The number of hydrogen-bond acceptors (Lipinski definition) is 4. The second kappa shape index (κ2) is 13.6. The molecule has 0 atom stereocenters. The van der Waals surface area contributed by atoms with E-state index in [1.54, 1.807) is 43.3 Å². The molecule has 6 nitrogen and oxygen atoms in total. The Morgan fingerprint density at radius 2 is 1.46 bits per heavy atom. The van der Waals surface area contributed by atoms with Crippen LogP contribution >= 0.6 is 11.6 Å². The fourth-order valence-corrected chi connectivity index (χ4v) is 5.99. The number of nitrogens with one attached hydrogen (secondary N) is 1. The van der Waals surface area contributed by atoms with Gasteiger partial charge >= 0.3 is 0 Å². The van der Waals surface area contributed by atoms with E-state index in [-0.39, 0.29) is 4.90 Å². The third kappa shape index (κ3) is 8.07. The molecule has 3 rings (SSSR count). The van der Waals surface area contributed by atoms with Crippen molar-refractivity contribution in [2.24, 2.45) is 5.10 Å². The lowest BCUT2D eigenvalue weighted by Crippen LogP contribution is -2.40. The average molecular weight is 518 g/mol. The summed E-state index contributed by atoms with van der Waals surface area (Å²) >= 11 is 6.28. The zero-order chi connectivity index (χ0) is 25.1. The van der Waals surface area contributed by atoms with Gasteiger partial charge < -0.3 is 0 Å². The first kappa shape index (κ1) is 27.2. The molecule has 1 aliphatic carbocycles. The first-order chi connectivity index (χ1) is 16.9. The second-order valence-corrected chi connectivity index (χ2v) is 11.4. The minimum Gasteiger partial charge on any atom is -0.271 e. The topological polar surface area (TPSA) is 78.8 Å². The van der Waals surface area contributed by atoms with Gasteiger partial charge in [0.25, 0.3) is 15.9 Å². The highest BCUT2D eigenvalue weighted by Gasteiger charge is 2.28. The number of amides is 1. The van der Waals surface area contributed by atoms with Crippen LogP contribution in [-0.2, 0) is 14.8 Å². The number of nitrogens with zero attached hydrogens (tertiary/aromatic N) is 2. The van der Waals surface area contributed by atoms with Crippen LogP contribution in [-0.4, -0.2) is 26.6 Å². The van der Waals surface area contributed by atoms with Gasteiger partial charge in [-0.2, -0.15) is 5.10 Å². The highest BCUT2D eigenvalue weighted by molar-refractivity contribution is 7.92. The molecule has 1 amide bonds. The molecule has 0 unspecified atom stereocenters. The maximum Gasteiger partial charge on any atom is 0.264 e. The van der Waals surface area contributed by atoms with Crippen LogP contribution in [0.1, 0.15) is 76.2 Å². The standard InChI is InChI=1S/C27H36ClN3O3S/c1-22-25(28)19-14-20-26(22)31(35(33,34)24-17-12-9-13-18-24)21-27(32)30-29-23-15-10-7-5-3-2-4-6-8-11-16-23/h9,12-14,17-20H,2-8,10-11,15-16,21H2,1H3,(H,30,32). The highest BCUT2D eigenvalue weighted by atomic mass is 35.5. The van der Waals surface area contributed by atoms with E-state index in [1.807, 2.05) is 0 Å². The summed E-state index contributed by atoms with van der Waals surface area (Å²) < 4.78 is 28.2. The first-order valence-corrected chi connectivity index (χ1v) is 14.4. The summed E-state index contributed by atoms with van der Waals surface area (Å²) in [7, 11) is -3.99. The van der Waals surface area contributed by atoms with Crippen molar-refractivity contribution in [3.8, 4) is 0 Å². The molecule has 190 valence electrons. The molecule has 1 saturated carbocycles. The Kier molecular flexibility index (Phi) is 10.6. The van der Waals surface area contributed by atoms with Gasteiger partial charge in [-0.05, 0) is 62.4 Å². The van der Waals surface area contributed by atoms with Gasteiger partial charge in [0.1, 0.15) is 6.54 Å². The van der Waals surface area contributed by atoms with Crippen molar-refractivity contribution in [3.63, 3.8) is 0 Å². The molecule has 0 saturated heterocycles. The summed E-state index contributed by atoms with van der Waals surface area (Å²) in [6, 6.07) is 13.1. The van der Waals surface area contributed by atoms with Crippen molar-refractivity contribution in [3.05, 3.63) is 59.1 Å². The zero-order valence-electron chi connectivity index (χ0n) is 20.5. The molecule has 8 heteroatoms. The lowest BCUT2D eigenvalue weighted by Gasteiger charge is -2.25. The van der Waals surface area contributed by atoms with Gasteiger partial charge in [-0.15, -0.1) is 0 Å². The largest absolute Gasteiger partial charge is 0.271 e. The Morgan fingerprint density at radius 1 is 0.886 bits per heavy atom. The van der Waals surface area contributed by atoms with Crippen molar-refractivity contribution >= 4 is 38.9 Å². The monoisotopic (exact) mass is 517 g/mol. The Hall–Kier alpha value is -2.38. The highest BCUT2D eigenvalue weighted by Crippen LogP contribution is 2.30. The number of carbonyl (C=O) groups is 1. The van der Waals surface area contributed by atoms with Crippen LogP contribution in [0.4, 0.5) is 5.69 Å². The molecular weight excluding hydrogens is 482 g/mol. The zero-order valence-corrected chi connectivity index (χ0v) is 22.1. The van der Waals surface area contributed by atoms with Gasteiger partial charge in [0.2, 0.25) is 0 Å². The van der Waals surface area contributed by atoms with E-state index in [2.05, 4.69) is 10.5 Å². The molecule has 0 spiro atoms. The van der Waals surface area contributed by atoms with E-state index in [0.717, 1.165) is 35.7 Å². The van der Waals surface area contributed by atoms with Gasteiger partial charge in [-0.1, -0.05) is 80.8 Å². The molecule has 0 heterocycles. The summed E-state index contributed by atoms with van der Waals surface area (Å²) in [5, 5.41) is 4.86. The van der Waals surface area contributed by atoms with Crippen molar-refractivity contribution in [1.29, 1.82) is 0 Å². The SMILES string of the molecule is Cc1c(Cl)cccc1N(CC(=O)NN=C1CCCCCCCCCCC1)S(=O)(=O)c1ccccc1. The Bertz CT molecular complexity index is 1090. The Balaban J connectivity index is 1.79. The van der Waals surface area contributed by atoms with Gasteiger partial charge in [0.05, 0.1) is 10.6 Å². The number of carbonyl (C=O) groups excluding carboxylic acids is 1. The lowest BCUT2D eigenvalue weighted by atomic mass is 10.00. The van der Waals surface area contributed by atoms with Crippen LogP contribution in [0.25, 0.3) is 0 Å². The van der Waals surface area contributed by atoms with Gasteiger partial charge in [-0.25, -0.2) is 13.8 Å². The third-order valence-corrected chi connectivity index (χ3v) is 8.58. The van der Waals surface area contributed by atoms with Gasteiger partial charge in [-0.3, -0.25) is 9.10 Å². The molecule has 1 fully saturated rings. The van der Waals surface area contributed by atoms with Crippen LogP contribution in [0, 0.1) is 6.92 Å². The Morgan fingerprint density at radius 3 is 2.06 bits per heavy atom. The van der Waals surface area contributed by atoms with Crippen molar-refractivity contribution in [1.82, 2.24) is 5.43 Å². The molecule has 0 radical (unpaired) electrons. The molecule has 0 aliphatic heterocycles. The summed E-state index contributed by atoms with van der Waals surface area (Å²) in [5.41, 5.74) is 4.57. The number of anilines is 1. The van der Waals surface area contributed by atoms with E-state index in [1.165, 1.54) is 57.1 Å². The van der Waals surface area contributed by atoms with Crippen molar-refractivity contribution in [2.75, 3.05) is 10.8 Å². The summed E-state index contributed by atoms with van der Waals surface area (Å²) in [4.78, 5) is 13.1. The molecule has 2 aromatic rings. The van der Waals surface area contributed by atoms with Crippen LogP contribution in [0.3, 0.4) is 0 Å². The van der Waals surface area contributed by atoms with E-state index in [4.69, 9.17) is 11.6 Å². The number of halogens is 1. The van der Waals surface area contributed by atoms with Crippen molar-refractivity contribution < 1.29 is 13.2 Å². The maximum atomic E-state index is 13.5. The van der Waals surface area contributed by atoms with E-state index >= 15 is 0 Å². The number of hydrogen-bond donors (Lipinski definition) is 1. The minimum atomic E-state index is -3.99. The van der Waals surface area contributed by atoms with E-state index in [0.29, 0.717) is 16.3 Å². The van der Waals surface area contributed by atoms with Gasteiger partial charge in [0, 0.05) is 10.7 Å². The predicted octanol–water partition coefficient (Wildman–Crippen LogP) is 6.62. The number of sulfonamides is 1. The van der Waals surface area contributed by atoms with Crippen LogP contribution in [0.15, 0.2) is 58.5 Å². The normalized spacial score (nSPS) is 16.0. The maximum absolute atomic E-state index is 13.5. The Labute approximate surface area is 214 Å². The van der Waals surface area contributed by atoms with Gasteiger partial charge in [0.15, 0.2) is 0 Å². The summed E-state index contributed by atoms with van der Waals surface area (Å²) in [6.45, 7) is 1.35. The smallest absolute Gasteiger partial charge is 0.264 e. The lowest BCUT2D eigenvalue weighted by molar-refractivity contribution is -0.119. The molecule has 1 N–H and O–H groups in total. The third-order valence-electron chi connectivity index (χ3n) is 6.40. The quantitative estimate of drug-likeness (QED) is 0.437. The number of rotatable bonds is 6. The van der Waals surface area contributed by atoms with E-state index < -0.39 is 22.5 Å². The molecule has 0 aromatic heterocycles. The second-order valence-electron chi connectivity index (χ2n) is 9.10.